The highest BCUT2D eigenvalue weighted by Crippen LogP contribution is 2.44. The van der Waals surface area contributed by atoms with Gasteiger partial charge < -0.3 is 52.1 Å². The Labute approximate surface area is 686 Å². The molecule has 0 saturated carbocycles. The zero-order chi connectivity index (χ0) is 81.0. The Morgan fingerprint density at radius 3 is 0.681 bits per heavy atom. The number of aryl methyl sites for hydroxylation is 8. The molecule has 12 aromatic rings. The van der Waals surface area contributed by atoms with Crippen LogP contribution in [0.4, 0.5) is 0 Å². The number of carbonyl (C=O) groups is 2. The van der Waals surface area contributed by atoms with Crippen LogP contribution in [0, 0.1) is 96.9 Å². The Hall–Kier alpha value is -12.5. The largest absolute Gasteiger partial charge is 0.489 e. The maximum absolute atomic E-state index is 13.1. The van der Waals surface area contributed by atoms with Crippen molar-refractivity contribution in [3.63, 3.8) is 0 Å². The molecule has 0 radical (unpaired) electrons. The van der Waals surface area contributed by atoms with E-state index in [9.17, 15) is 9.59 Å². The van der Waals surface area contributed by atoms with Gasteiger partial charge in [0.1, 0.15) is 89.1 Å². The molecule has 1 amide bonds. The van der Waals surface area contributed by atoms with Crippen molar-refractivity contribution in [2.24, 2.45) is 5.84 Å². The van der Waals surface area contributed by atoms with E-state index in [1.807, 2.05) is 159 Å². The third-order valence-electron chi connectivity index (χ3n) is 20.8. The molecule has 116 heavy (non-hydrogen) atoms. The number of methoxy groups -OCH3 is 1. The van der Waals surface area contributed by atoms with Gasteiger partial charge in [0.05, 0.1) is 12.7 Å². The second kappa shape index (κ2) is 41.5. The molecule has 3 N–H and O–H groups in total. The lowest BCUT2D eigenvalue weighted by atomic mass is 10.0. The molecule has 15 heteroatoms. The molecule has 15 nitrogen and oxygen atoms in total. The molecule has 0 bridgehead atoms. The van der Waals surface area contributed by atoms with E-state index in [1.165, 1.54) is 40.5 Å². The standard InChI is InChI=1S/C50H52O7.C49H52N2O6.2CH4/c1-32-19-41(20-33(2)36(32)5)31-57-49-47(55-29-42-21-34(3)37(6)45(23-42)53-27-39-15-11-9-12-16-39)25-44(50(51)52-8)26-48(49)56-30-43-22-35(4)38(7)46(24-43)54-28-40-17-13-10-14-18-40;1-31-18-40(19-32(2)35(31)5)30-57-48-46(55-28-41-20-33(3)36(6)44(22-41)53-26-38-14-10-8-11-15-38)24-43(49(52)51-50)25-47(48)56-29-42-21-34(4)37(7)45(23-42)54-27-39-16-12-9-13-17-39;;/h9-26H,27-31H2,1-8H3;8-25H,26-30,50H2,1-7H3,(H,51,52);2*1H4. The number of esters is 1. The molecule has 0 fully saturated rings. The molecular weight excluding hydrogens is 1450 g/mol. The van der Waals surface area contributed by atoms with E-state index in [0.717, 1.165) is 123 Å². The topological polar surface area (TPSA) is 174 Å². The predicted octanol–water partition coefficient (Wildman–Crippen LogP) is 23.1. The molecule has 12 aromatic carbocycles. The van der Waals surface area contributed by atoms with Crippen molar-refractivity contribution in [1.29, 1.82) is 0 Å². The van der Waals surface area contributed by atoms with Gasteiger partial charge >= 0.3 is 5.97 Å². The lowest BCUT2D eigenvalue weighted by molar-refractivity contribution is 0.0599. The summed E-state index contributed by atoms with van der Waals surface area (Å²) in [6.45, 7) is 32.1. The van der Waals surface area contributed by atoms with Gasteiger partial charge in [-0.15, -0.1) is 0 Å². The van der Waals surface area contributed by atoms with Crippen molar-refractivity contribution in [2.75, 3.05) is 7.11 Å². The number of hydrogen-bond donors (Lipinski definition) is 2. The van der Waals surface area contributed by atoms with Crippen LogP contribution in [0.1, 0.15) is 169 Å². The van der Waals surface area contributed by atoms with Gasteiger partial charge in [0.25, 0.3) is 5.91 Å². The second-order valence-corrected chi connectivity index (χ2v) is 29.3. The second-order valence-electron chi connectivity index (χ2n) is 29.3. The quantitative estimate of drug-likeness (QED) is 0.0176. The van der Waals surface area contributed by atoms with Crippen molar-refractivity contribution < 1.29 is 61.7 Å². The zero-order valence-corrected chi connectivity index (χ0v) is 68.2. The summed E-state index contributed by atoms with van der Waals surface area (Å²) in [5.74, 6) is 9.88. The Morgan fingerprint density at radius 1 is 0.250 bits per heavy atom. The first-order chi connectivity index (χ1) is 55.0. The van der Waals surface area contributed by atoms with E-state index in [0.29, 0.717) is 60.9 Å². The van der Waals surface area contributed by atoms with Crippen LogP contribution in [0.15, 0.2) is 218 Å². The molecule has 12 rings (SSSR count). The van der Waals surface area contributed by atoms with Crippen LogP contribution in [0.2, 0.25) is 0 Å². The smallest absolute Gasteiger partial charge is 0.338 e. The average Bonchev–Trinajstić information content (AvgIpc) is 0.801. The fraction of sp³-hybridized carbons (Fsp3) is 0.267. The summed E-state index contributed by atoms with van der Waals surface area (Å²) in [6, 6.07) is 71.7. The minimum atomic E-state index is -0.522. The van der Waals surface area contributed by atoms with Gasteiger partial charge in [0.2, 0.25) is 11.5 Å². The molecule has 0 unspecified atom stereocenters. The average molecular weight is 1560 g/mol. The number of nitrogens with one attached hydrogen (secondary N) is 1. The molecule has 0 saturated heterocycles. The lowest BCUT2D eigenvalue weighted by Crippen LogP contribution is -2.30. The van der Waals surface area contributed by atoms with Crippen LogP contribution < -0.4 is 58.6 Å². The Bertz CT molecular complexity index is 4710. The van der Waals surface area contributed by atoms with Crippen molar-refractivity contribution in [2.45, 2.75) is 178 Å². The molecule has 0 heterocycles. The first-order valence-corrected chi connectivity index (χ1v) is 38.4. The highest BCUT2D eigenvalue weighted by atomic mass is 16.6. The summed E-state index contributed by atoms with van der Waals surface area (Å²) in [6.07, 6.45) is 0. The molecule has 0 spiro atoms. The first-order valence-electron chi connectivity index (χ1n) is 38.4. The number of nitrogens with two attached hydrogens (primary N) is 1. The lowest BCUT2D eigenvalue weighted by Gasteiger charge is -2.20. The third-order valence-corrected chi connectivity index (χ3v) is 20.8. The van der Waals surface area contributed by atoms with Gasteiger partial charge in [0.15, 0.2) is 23.0 Å². The van der Waals surface area contributed by atoms with Crippen molar-refractivity contribution >= 4 is 11.9 Å². The Kier molecular flexibility index (Phi) is 31.3. The number of benzene rings is 12. The summed E-state index contributed by atoms with van der Waals surface area (Å²) in [5, 5.41) is 0. The molecule has 0 atom stereocenters. The number of rotatable bonds is 32. The fourth-order valence-corrected chi connectivity index (χ4v) is 13.2. The fourth-order valence-electron chi connectivity index (χ4n) is 13.2. The van der Waals surface area contributed by atoms with Crippen molar-refractivity contribution in [3.8, 4) is 57.5 Å². The van der Waals surface area contributed by atoms with Crippen LogP contribution in [0.25, 0.3) is 0 Å². The van der Waals surface area contributed by atoms with Crippen molar-refractivity contribution in [1.82, 2.24) is 5.43 Å². The number of hydrogen-bond acceptors (Lipinski definition) is 14. The van der Waals surface area contributed by atoms with Gasteiger partial charge in [-0.25, -0.2) is 10.6 Å². The zero-order valence-electron chi connectivity index (χ0n) is 68.2. The predicted molar refractivity (Wildman–Crippen MR) is 463 cm³/mol. The van der Waals surface area contributed by atoms with E-state index in [-0.39, 0.29) is 65.6 Å². The van der Waals surface area contributed by atoms with Crippen LogP contribution in [0.5, 0.6) is 57.5 Å². The molecule has 0 aliphatic rings. The van der Waals surface area contributed by atoms with E-state index in [1.54, 1.807) is 24.3 Å². The maximum Gasteiger partial charge on any atom is 0.338 e. The van der Waals surface area contributed by atoms with Gasteiger partial charge in [-0.1, -0.05) is 185 Å². The number of carbonyl (C=O) groups excluding carboxylic acids is 2. The Balaban J connectivity index is 0.000000261. The van der Waals surface area contributed by atoms with E-state index in [4.69, 9.17) is 57.9 Å². The highest BCUT2D eigenvalue weighted by Gasteiger charge is 2.24. The Morgan fingerprint density at radius 2 is 0.448 bits per heavy atom. The number of hydrazine groups is 1. The van der Waals surface area contributed by atoms with Crippen LogP contribution in [-0.2, 0) is 70.8 Å². The third kappa shape index (κ3) is 23.4. The van der Waals surface area contributed by atoms with Gasteiger partial charge in [-0.3, -0.25) is 10.2 Å². The summed E-state index contributed by atoms with van der Waals surface area (Å²) < 4.78 is 69.7. The normalized spacial score (nSPS) is 10.7. The first kappa shape index (κ1) is 87.5. The molecule has 0 aliphatic carbocycles. The molecule has 604 valence electrons. The van der Waals surface area contributed by atoms with Crippen molar-refractivity contribution in [3.05, 3.63) is 363 Å². The van der Waals surface area contributed by atoms with E-state index < -0.39 is 11.9 Å². The number of amides is 1. The van der Waals surface area contributed by atoms with Gasteiger partial charge in [0, 0.05) is 5.56 Å². The van der Waals surface area contributed by atoms with Gasteiger partial charge in [-0.05, 0) is 279 Å². The van der Waals surface area contributed by atoms with Gasteiger partial charge in [-0.2, -0.15) is 0 Å². The van der Waals surface area contributed by atoms with E-state index in [2.05, 4.69) is 137 Å². The molecule has 0 aromatic heterocycles. The number of ether oxygens (including phenoxy) is 11. The number of nitrogen functional groups attached to an aromatic ring is 1. The summed E-state index contributed by atoms with van der Waals surface area (Å²) in [7, 11) is 1.36. The van der Waals surface area contributed by atoms with Crippen LogP contribution >= 0.6 is 0 Å². The monoisotopic (exact) mass is 1560 g/mol. The summed E-state index contributed by atoms with van der Waals surface area (Å²) in [4.78, 5) is 26.2. The van der Waals surface area contributed by atoms with E-state index >= 15 is 0 Å². The van der Waals surface area contributed by atoms with Crippen LogP contribution in [0.3, 0.4) is 0 Å². The maximum atomic E-state index is 13.1. The minimum absolute atomic E-state index is 0. The summed E-state index contributed by atoms with van der Waals surface area (Å²) in [5.41, 5.74) is 28.5. The SMILES string of the molecule is C.C.COC(=O)c1cc(OCc2cc(C)c(C)c(OCc3ccccc3)c2)c(OCc2cc(C)c(C)c(C)c2)c(OCc2cc(C)c(C)c(OCc3ccccc3)c2)c1.Cc1cc(COc2c(OCc3cc(C)c(C)c(OCc4ccccc4)c3)cc(C(=O)NN)cc2OCc2cc(C)c(C)c(OCc3ccccc3)c2)cc(C)c1C. The minimum Gasteiger partial charge on any atom is -0.489 e. The highest BCUT2D eigenvalue weighted by molar-refractivity contribution is 5.95. The molecule has 0 aliphatic heterocycles. The summed E-state index contributed by atoms with van der Waals surface area (Å²) >= 11 is 0. The molecular formula is C101H112N2O13. The van der Waals surface area contributed by atoms with Crippen LogP contribution in [-0.4, -0.2) is 19.0 Å².